The monoisotopic (exact) mass is 436 g/mol. The number of nitrogens with one attached hydrogen (secondary N) is 1. The van der Waals surface area contributed by atoms with Crippen molar-refractivity contribution in [2.24, 2.45) is 5.92 Å². The molecule has 1 amide bonds. The Hall–Kier alpha value is -1.93. The van der Waals surface area contributed by atoms with Crippen molar-refractivity contribution in [1.82, 2.24) is 4.90 Å². The first-order valence-corrected chi connectivity index (χ1v) is 11.0. The fraction of sp³-hybridized carbons (Fsp3) is 0.429. The van der Waals surface area contributed by atoms with Gasteiger partial charge in [0.2, 0.25) is 5.91 Å². The number of aliphatic hydroxyl groups excluding tert-OH is 1. The molecule has 8 heteroatoms. The number of hydrogen-bond donors (Lipinski definition) is 2. The lowest BCUT2D eigenvalue weighted by Gasteiger charge is -2.31. The molecule has 2 heterocycles. The molecule has 0 radical (unpaired) electrons. The molecule has 2 aromatic rings. The lowest BCUT2D eigenvalue weighted by molar-refractivity contribution is -0.117. The number of anilines is 1. The normalized spacial score (nSPS) is 17.1. The molecule has 6 nitrogen and oxygen atoms in total. The van der Waals surface area contributed by atoms with E-state index in [9.17, 15) is 14.7 Å². The van der Waals surface area contributed by atoms with Gasteiger partial charge in [0.1, 0.15) is 10.6 Å². The number of amides is 1. The number of carbonyl (C=O) groups excluding carboxylic acids is 2. The van der Waals surface area contributed by atoms with E-state index in [0.717, 1.165) is 24.9 Å². The summed E-state index contributed by atoms with van der Waals surface area (Å²) in [4.78, 5) is 27.3. The number of nitrogens with zero attached hydrogens (tertiary/aromatic N) is 1. The third-order valence-electron chi connectivity index (χ3n) is 4.92. The Morgan fingerprint density at radius 1 is 1.34 bits per heavy atom. The summed E-state index contributed by atoms with van der Waals surface area (Å²) in [5.41, 5.74) is 1.69. The molecule has 3 rings (SSSR count). The summed E-state index contributed by atoms with van der Waals surface area (Å²) in [6.07, 6.45) is 1.94. The summed E-state index contributed by atoms with van der Waals surface area (Å²) in [6, 6.07) is 7.26. The van der Waals surface area contributed by atoms with Crippen LogP contribution in [-0.2, 0) is 9.53 Å². The quantitative estimate of drug-likeness (QED) is 0.644. The maximum atomic E-state index is 12.6. The number of piperidine rings is 1. The smallest absolute Gasteiger partial charge is 0.341 e. The molecule has 0 saturated carbocycles. The van der Waals surface area contributed by atoms with E-state index in [1.54, 1.807) is 13.0 Å². The average Bonchev–Trinajstić information content (AvgIpc) is 3.11. The van der Waals surface area contributed by atoms with Gasteiger partial charge >= 0.3 is 5.97 Å². The van der Waals surface area contributed by atoms with Crippen molar-refractivity contribution in [2.45, 2.75) is 19.8 Å². The van der Waals surface area contributed by atoms with Crippen molar-refractivity contribution in [2.75, 3.05) is 38.2 Å². The number of rotatable bonds is 7. The third-order valence-corrected chi connectivity index (χ3v) is 6.14. The van der Waals surface area contributed by atoms with Gasteiger partial charge in [-0.05, 0) is 38.3 Å². The van der Waals surface area contributed by atoms with Crippen LogP contribution in [0, 0.1) is 5.92 Å². The number of likely N-dealkylation sites (tertiary alicyclic amines) is 1. The zero-order chi connectivity index (χ0) is 20.8. The molecular weight excluding hydrogens is 412 g/mol. The molecule has 2 N–H and O–H groups in total. The van der Waals surface area contributed by atoms with Crippen LogP contribution in [0.15, 0.2) is 29.6 Å². The molecule has 1 fully saturated rings. The number of carbonyl (C=O) groups is 2. The Kier molecular flexibility index (Phi) is 7.66. The summed E-state index contributed by atoms with van der Waals surface area (Å²) in [5, 5.41) is 15.0. The molecule has 1 aromatic heterocycles. The van der Waals surface area contributed by atoms with E-state index in [0.29, 0.717) is 27.7 Å². The van der Waals surface area contributed by atoms with Crippen LogP contribution >= 0.6 is 22.9 Å². The van der Waals surface area contributed by atoms with Crippen LogP contribution in [0.5, 0.6) is 0 Å². The number of benzene rings is 1. The lowest BCUT2D eigenvalue weighted by Crippen LogP contribution is -2.41. The Bertz CT molecular complexity index is 870. The van der Waals surface area contributed by atoms with Gasteiger partial charge in [0.15, 0.2) is 0 Å². The second-order valence-electron chi connectivity index (χ2n) is 7.03. The van der Waals surface area contributed by atoms with Crippen molar-refractivity contribution >= 4 is 39.8 Å². The summed E-state index contributed by atoms with van der Waals surface area (Å²) in [7, 11) is 0. The van der Waals surface area contributed by atoms with E-state index in [-0.39, 0.29) is 31.6 Å². The maximum absolute atomic E-state index is 12.6. The zero-order valence-electron chi connectivity index (χ0n) is 16.3. The van der Waals surface area contributed by atoms with Gasteiger partial charge in [0.25, 0.3) is 0 Å². The Balaban J connectivity index is 1.80. The Morgan fingerprint density at radius 3 is 2.86 bits per heavy atom. The van der Waals surface area contributed by atoms with Gasteiger partial charge < -0.3 is 15.2 Å². The number of esters is 1. The van der Waals surface area contributed by atoms with Crippen molar-refractivity contribution in [3.63, 3.8) is 0 Å². The molecular formula is C21H25ClN2O4S. The van der Waals surface area contributed by atoms with Crippen LogP contribution in [0.25, 0.3) is 11.1 Å². The molecule has 29 heavy (non-hydrogen) atoms. The van der Waals surface area contributed by atoms with E-state index >= 15 is 0 Å². The third kappa shape index (κ3) is 5.36. The standard InChI is InChI=1S/C21H25ClN2O4S/c1-2-28-21(27)19-16(15-7-3-4-8-17(15)22)13-29-20(19)23-18(26)11-24-9-5-6-14(10-24)12-25/h3-4,7-8,13-14,25H,2,5-6,9-12H2,1H3,(H,23,26). The van der Waals surface area contributed by atoms with E-state index in [4.69, 9.17) is 16.3 Å². The van der Waals surface area contributed by atoms with Crippen LogP contribution in [0.2, 0.25) is 5.02 Å². The van der Waals surface area contributed by atoms with Gasteiger partial charge in [-0.25, -0.2) is 4.79 Å². The zero-order valence-corrected chi connectivity index (χ0v) is 17.9. The van der Waals surface area contributed by atoms with Crippen LogP contribution in [0.3, 0.4) is 0 Å². The maximum Gasteiger partial charge on any atom is 0.341 e. The van der Waals surface area contributed by atoms with Gasteiger partial charge in [-0.2, -0.15) is 0 Å². The van der Waals surface area contributed by atoms with Gasteiger partial charge in [-0.1, -0.05) is 29.8 Å². The number of hydrogen-bond acceptors (Lipinski definition) is 6. The van der Waals surface area contributed by atoms with Crippen LogP contribution < -0.4 is 5.32 Å². The average molecular weight is 437 g/mol. The first-order chi connectivity index (χ1) is 14.0. The molecule has 1 unspecified atom stereocenters. The number of thiophene rings is 1. The molecule has 1 aliphatic rings. The predicted molar refractivity (Wildman–Crippen MR) is 116 cm³/mol. The summed E-state index contributed by atoms with van der Waals surface area (Å²) in [5.74, 6) is -0.473. The molecule has 1 atom stereocenters. The molecule has 1 aromatic carbocycles. The van der Waals surface area contributed by atoms with Gasteiger partial charge in [-0.3, -0.25) is 9.69 Å². The SMILES string of the molecule is CCOC(=O)c1c(-c2ccccc2Cl)csc1NC(=O)CN1CCCC(CO)C1. The summed E-state index contributed by atoms with van der Waals surface area (Å²) >= 11 is 7.60. The number of aliphatic hydroxyl groups is 1. The lowest BCUT2D eigenvalue weighted by atomic mass is 9.99. The summed E-state index contributed by atoms with van der Waals surface area (Å²) < 4.78 is 5.22. The predicted octanol–water partition coefficient (Wildman–Crippen LogP) is 3.89. The second kappa shape index (κ2) is 10.2. The minimum Gasteiger partial charge on any atom is -0.462 e. The molecule has 1 aliphatic heterocycles. The highest BCUT2D eigenvalue weighted by molar-refractivity contribution is 7.15. The van der Waals surface area contributed by atoms with E-state index in [2.05, 4.69) is 5.32 Å². The van der Waals surface area contributed by atoms with Crippen molar-refractivity contribution < 1.29 is 19.4 Å². The minimum absolute atomic E-state index is 0.136. The molecule has 156 valence electrons. The molecule has 0 spiro atoms. The van der Waals surface area contributed by atoms with Crippen molar-refractivity contribution in [3.05, 3.63) is 40.2 Å². The van der Waals surface area contributed by atoms with Gasteiger partial charge in [0.05, 0.1) is 13.2 Å². The largest absolute Gasteiger partial charge is 0.462 e. The number of halogens is 1. The highest BCUT2D eigenvalue weighted by Crippen LogP contribution is 2.39. The Morgan fingerprint density at radius 2 is 2.14 bits per heavy atom. The second-order valence-corrected chi connectivity index (χ2v) is 8.31. The first kappa shape index (κ1) is 21.8. The topological polar surface area (TPSA) is 78.9 Å². The molecule has 0 aliphatic carbocycles. The van der Waals surface area contributed by atoms with E-state index in [1.165, 1.54) is 11.3 Å². The summed E-state index contributed by atoms with van der Waals surface area (Å²) in [6.45, 7) is 3.86. The van der Waals surface area contributed by atoms with Gasteiger partial charge in [-0.15, -0.1) is 11.3 Å². The van der Waals surface area contributed by atoms with Crippen LogP contribution in [0.1, 0.15) is 30.1 Å². The molecule has 1 saturated heterocycles. The first-order valence-electron chi connectivity index (χ1n) is 9.70. The van der Waals surface area contributed by atoms with E-state index in [1.807, 2.05) is 28.5 Å². The van der Waals surface area contributed by atoms with Crippen molar-refractivity contribution in [3.8, 4) is 11.1 Å². The van der Waals surface area contributed by atoms with Crippen LogP contribution in [0.4, 0.5) is 5.00 Å². The molecule has 0 bridgehead atoms. The minimum atomic E-state index is -0.489. The number of ether oxygens (including phenoxy) is 1. The van der Waals surface area contributed by atoms with E-state index < -0.39 is 5.97 Å². The fourth-order valence-corrected chi connectivity index (χ4v) is 4.75. The highest BCUT2D eigenvalue weighted by atomic mass is 35.5. The highest BCUT2D eigenvalue weighted by Gasteiger charge is 2.25. The van der Waals surface area contributed by atoms with Crippen molar-refractivity contribution in [1.29, 1.82) is 0 Å². The van der Waals surface area contributed by atoms with Crippen LogP contribution in [-0.4, -0.2) is 54.7 Å². The Labute approximate surface area is 179 Å². The van der Waals surface area contributed by atoms with Gasteiger partial charge in [0, 0.05) is 34.7 Å². The fourth-order valence-electron chi connectivity index (χ4n) is 3.55.